The van der Waals surface area contributed by atoms with Crippen molar-refractivity contribution < 1.29 is 9.59 Å². The van der Waals surface area contributed by atoms with E-state index in [4.69, 9.17) is 17.3 Å². The van der Waals surface area contributed by atoms with E-state index in [1.165, 1.54) is 6.07 Å². The van der Waals surface area contributed by atoms with Crippen molar-refractivity contribution in [3.8, 4) is 0 Å². The summed E-state index contributed by atoms with van der Waals surface area (Å²) in [7, 11) is 1.80. The number of aryl methyl sites for hydroxylation is 1. The zero-order valence-electron chi connectivity index (χ0n) is 12.7. The predicted octanol–water partition coefficient (Wildman–Crippen LogP) is 2.97. The van der Waals surface area contributed by atoms with Crippen molar-refractivity contribution in [3.63, 3.8) is 0 Å². The summed E-state index contributed by atoms with van der Waals surface area (Å²) in [5.41, 5.74) is 7.41. The molecule has 0 fully saturated rings. The Labute approximate surface area is 142 Å². The molecule has 0 spiro atoms. The molecule has 24 heavy (non-hydrogen) atoms. The fourth-order valence-corrected chi connectivity index (χ4v) is 2.51. The highest BCUT2D eigenvalue weighted by atomic mass is 35.5. The average Bonchev–Trinajstić information content (AvgIpc) is 2.82. The molecular formula is C16H14ClN5O2. The van der Waals surface area contributed by atoms with Gasteiger partial charge in [0, 0.05) is 23.3 Å². The van der Waals surface area contributed by atoms with Crippen molar-refractivity contribution in [2.75, 3.05) is 10.6 Å². The molecule has 1 heterocycles. The number of halogens is 1. The number of fused-ring (bicyclic) bond motifs is 1. The number of hydrogen-bond acceptors (Lipinski definition) is 3. The van der Waals surface area contributed by atoms with Gasteiger partial charge in [0.15, 0.2) is 0 Å². The summed E-state index contributed by atoms with van der Waals surface area (Å²) < 4.78 is 1.76. The van der Waals surface area contributed by atoms with Gasteiger partial charge in [0.25, 0.3) is 5.91 Å². The molecule has 2 aromatic carbocycles. The number of nitrogens with zero attached hydrogens (tertiary/aromatic N) is 2. The van der Waals surface area contributed by atoms with Crippen LogP contribution >= 0.6 is 11.6 Å². The number of amides is 3. The maximum atomic E-state index is 12.4. The van der Waals surface area contributed by atoms with Gasteiger partial charge in [-0.25, -0.2) is 9.78 Å². The molecule has 3 aromatic rings. The number of nitrogens with two attached hydrogens (primary N) is 1. The minimum absolute atomic E-state index is 0.354. The van der Waals surface area contributed by atoms with Crippen LogP contribution in [0.5, 0.6) is 0 Å². The lowest BCUT2D eigenvalue weighted by Crippen LogP contribution is -2.20. The highest BCUT2D eigenvalue weighted by Gasteiger charge is 2.13. The fraction of sp³-hybridized carbons (Fsp3) is 0.0625. The average molecular weight is 344 g/mol. The molecule has 0 bridgehead atoms. The highest BCUT2D eigenvalue weighted by Crippen LogP contribution is 2.22. The van der Waals surface area contributed by atoms with Gasteiger partial charge in [-0.3, -0.25) is 10.1 Å². The summed E-state index contributed by atoms with van der Waals surface area (Å²) in [5.74, 6) is 0.0400. The maximum Gasteiger partial charge on any atom is 0.316 e. The van der Waals surface area contributed by atoms with Crippen LogP contribution in [0.3, 0.4) is 0 Å². The summed E-state index contributed by atoms with van der Waals surface area (Å²) in [6, 6.07) is 11.1. The van der Waals surface area contributed by atoms with E-state index in [1.54, 1.807) is 41.9 Å². The predicted molar refractivity (Wildman–Crippen MR) is 93.3 cm³/mol. The first-order valence-corrected chi connectivity index (χ1v) is 7.41. The van der Waals surface area contributed by atoms with Crippen molar-refractivity contribution in [1.29, 1.82) is 0 Å². The number of carbonyl (C=O) groups is 2. The van der Waals surface area contributed by atoms with E-state index in [-0.39, 0.29) is 5.91 Å². The Morgan fingerprint density at radius 1 is 1.17 bits per heavy atom. The van der Waals surface area contributed by atoms with E-state index in [0.717, 1.165) is 5.52 Å². The first-order valence-electron chi connectivity index (χ1n) is 7.04. The van der Waals surface area contributed by atoms with E-state index in [2.05, 4.69) is 15.6 Å². The van der Waals surface area contributed by atoms with Crippen molar-refractivity contribution in [1.82, 2.24) is 9.55 Å². The number of urea groups is 1. The summed E-state index contributed by atoms with van der Waals surface area (Å²) in [4.78, 5) is 27.7. The molecule has 0 atom stereocenters. The maximum absolute atomic E-state index is 12.4. The van der Waals surface area contributed by atoms with Gasteiger partial charge in [0.05, 0.1) is 11.0 Å². The van der Waals surface area contributed by atoms with E-state index in [1.807, 2.05) is 6.07 Å². The second kappa shape index (κ2) is 6.21. The number of hydrogen-bond donors (Lipinski definition) is 3. The monoisotopic (exact) mass is 343 g/mol. The van der Waals surface area contributed by atoms with Gasteiger partial charge in [-0.15, -0.1) is 0 Å². The van der Waals surface area contributed by atoms with Crippen molar-refractivity contribution in [2.24, 2.45) is 12.8 Å². The summed E-state index contributed by atoms with van der Waals surface area (Å²) in [5, 5.41) is 5.74. The first-order chi connectivity index (χ1) is 11.4. The largest absolute Gasteiger partial charge is 0.351 e. The third-order valence-corrected chi connectivity index (χ3v) is 3.70. The van der Waals surface area contributed by atoms with Crippen LogP contribution in [0.1, 0.15) is 10.4 Å². The highest BCUT2D eigenvalue weighted by molar-refractivity contribution is 6.31. The third kappa shape index (κ3) is 3.16. The van der Waals surface area contributed by atoms with Crippen molar-refractivity contribution in [2.45, 2.75) is 0 Å². The number of aromatic nitrogens is 2. The van der Waals surface area contributed by atoms with Gasteiger partial charge >= 0.3 is 6.03 Å². The molecule has 4 N–H and O–H groups in total. The lowest BCUT2D eigenvalue weighted by atomic mass is 10.2. The Hall–Kier alpha value is -3.06. The molecule has 3 amide bonds. The molecular weight excluding hydrogens is 330 g/mol. The summed E-state index contributed by atoms with van der Waals surface area (Å²) in [6.07, 6.45) is 0. The molecule has 0 unspecified atom stereocenters. The Bertz CT molecular complexity index is 951. The van der Waals surface area contributed by atoms with Crippen LogP contribution in [0.15, 0.2) is 42.5 Å². The van der Waals surface area contributed by atoms with E-state index < -0.39 is 6.03 Å². The lowest BCUT2D eigenvalue weighted by Gasteiger charge is -2.07. The van der Waals surface area contributed by atoms with Crippen molar-refractivity contribution in [3.05, 3.63) is 53.1 Å². The molecule has 122 valence electrons. The van der Waals surface area contributed by atoms with Gasteiger partial charge in [-0.1, -0.05) is 17.7 Å². The number of nitrogens with one attached hydrogen (secondary N) is 2. The number of benzene rings is 2. The number of anilines is 2. The number of rotatable bonds is 3. The molecule has 0 radical (unpaired) electrons. The van der Waals surface area contributed by atoms with Gasteiger partial charge in [-0.2, -0.15) is 0 Å². The van der Waals surface area contributed by atoms with Crippen LogP contribution in [-0.4, -0.2) is 21.5 Å². The van der Waals surface area contributed by atoms with E-state index in [0.29, 0.717) is 27.7 Å². The van der Waals surface area contributed by atoms with Gasteiger partial charge in [0.2, 0.25) is 5.95 Å². The quantitative estimate of drug-likeness (QED) is 0.681. The lowest BCUT2D eigenvalue weighted by molar-refractivity contribution is 0.102. The Balaban J connectivity index is 1.87. The van der Waals surface area contributed by atoms with Gasteiger partial charge in [0.1, 0.15) is 0 Å². The Morgan fingerprint density at radius 3 is 2.71 bits per heavy atom. The van der Waals surface area contributed by atoms with Gasteiger partial charge < -0.3 is 15.6 Å². The molecule has 0 saturated heterocycles. The zero-order chi connectivity index (χ0) is 17.3. The summed E-state index contributed by atoms with van der Waals surface area (Å²) >= 11 is 5.96. The Morgan fingerprint density at radius 2 is 1.96 bits per heavy atom. The van der Waals surface area contributed by atoms with E-state index in [9.17, 15) is 9.59 Å². The minimum atomic E-state index is -0.695. The second-order valence-electron chi connectivity index (χ2n) is 5.15. The topological polar surface area (TPSA) is 102 Å². The number of carbonyl (C=O) groups excluding carboxylic acids is 2. The zero-order valence-corrected chi connectivity index (χ0v) is 13.5. The molecule has 1 aromatic heterocycles. The van der Waals surface area contributed by atoms with Crippen LogP contribution in [0.25, 0.3) is 11.0 Å². The number of imidazole rings is 1. The van der Waals surface area contributed by atoms with Crippen molar-refractivity contribution >= 4 is 46.2 Å². The fourth-order valence-electron chi connectivity index (χ4n) is 2.34. The molecule has 7 nitrogen and oxygen atoms in total. The molecule has 0 aliphatic heterocycles. The smallest absolute Gasteiger partial charge is 0.316 e. The second-order valence-corrected chi connectivity index (χ2v) is 5.59. The molecule has 0 saturated carbocycles. The van der Waals surface area contributed by atoms with Crippen LogP contribution < -0.4 is 16.4 Å². The third-order valence-electron chi connectivity index (χ3n) is 3.46. The van der Waals surface area contributed by atoms with E-state index >= 15 is 0 Å². The molecule has 0 aliphatic carbocycles. The minimum Gasteiger partial charge on any atom is -0.351 e. The molecule has 8 heteroatoms. The van der Waals surface area contributed by atoms with Crippen LogP contribution in [-0.2, 0) is 7.05 Å². The SMILES string of the molecule is Cn1c(NC(=O)c2cccc(NC(N)=O)c2)nc2cc(Cl)ccc21. The standard InChI is InChI=1S/C16H14ClN5O2/c1-22-13-6-5-10(17)8-12(13)20-16(22)21-14(23)9-3-2-4-11(7-9)19-15(18)24/h2-8H,1H3,(H3,18,19,24)(H,20,21,23). The number of primary amides is 1. The van der Waals surface area contributed by atoms with Crippen LogP contribution in [0.4, 0.5) is 16.4 Å². The summed E-state index contributed by atoms with van der Waals surface area (Å²) in [6.45, 7) is 0. The van der Waals surface area contributed by atoms with Crippen LogP contribution in [0.2, 0.25) is 5.02 Å². The first kappa shape index (κ1) is 15.8. The Kier molecular flexibility index (Phi) is 4.09. The van der Waals surface area contributed by atoms with Crippen LogP contribution in [0, 0.1) is 0 Å². The normalized spacial score (nSPS) is 10.6. The molecule has 3 rings (SSSR count). The molecule has 0 aliphatic rings. The van der Waals surface area contributed by atoms with Gasteiger partial charge in [-0.05, 0) is 36.4 Å².